The molecule has 37 heavy (non-hydrogen) atoms. The normalized spacial score (nSPS) is 14.9. The van der Waals surface area contributed by atoms with E-state index in [0.717, 1.165) is 79.9 Å². The summed E-state index contributed by atoms with van der Waals surface area (Å²) in [5, 5.41) is 0. The summed E-state index contributed by atoms with van der Waals surface area (Å²) >= 11 is 0. The Bertz CT molecular complexity index is 1320. The Balaban J connectivity index is 1.28. The molecular formula is C30H39N7. The lowest BCUT2D eigenvalue weighted by atomic mass is 9.87. The molecule has 194 valence electrons. The molecular weight excluding hydrogens is 458 g/mol. The number of nitrogens with zero attached hydrogens (tertiary/aromatic N) is 6. The van der Waals surface area contributed by atoms with Gasteiger partial charge in [0.15, 0.2) is 0 Å². The van der Waals surface area contributed by atoms with E-state index in [1.54, 1.807) is 0 Å². The number of imidazole rings is 1. The van der Waals surface area contributed by atoms with E-state index in [9.17, 15) is 0 Å². The molecule has 5 rings (SSSR count). The molecule has 7 nitrogen and oxygen atoms in total. The Morgan fingerprint density at radius 1 is 0.892 bits per heavy atom. The molecule has 0 unspecified atom stereocenters. The van der Waals surface area contributed by atoms with Gasteiger partial charge in [0.25, 0.3) is 0 Å². The third-order valence-corrected chi connectivity index (χ3v) is 7.37. The lowest BCUT2D eigenvalue weighted by molar-refractivity contribution is 0.247. The molecule has 1 fully saturated rings. The van der Waals surface area contributed by atoms with Crippen LogP contribution in [0.1, 0.15) is 45.9 Å². The number of hydrogen-bond donors (Lipinski definition) is 1. The van der Waals surface area contributed by atoms with E-state index in [-0.39, 0.29) is 5.41 Å². The fourth-order valence-corrected chi connectivity index (χ4v) is 5.05. The Morgan fingerprint density at radius 3 is 2.30 bits per heavy atom. The molecule has 3 heterocycles. The number of hydrogen-bond acceptors (Lipinski definition) is 6. The Hall–Kier alpha value is -3.45. The van der Waals surface area contributed by atoms with Gasteiger partial charge in [-0.2, -0.15) is 0 Å². The van der Waals surface area contributed by atoms with Crippen LogP contribution in [0.15, 0.2) is 54.7 Å². The van der Waals surface area contributed by atoms with E-state index >= 15 is 0 Å². The number of piperazine rings is 1. The van der Waals surface area contributed by atoms with Crippen LogP contribution in [-0.2, 0) is 12.0 Å². The van der Waals surface area contributed by atoms with Gasteiger partial charge < -0.3 is 14.8 Å². The number of rotatable bonds is 7. The van der Waals surface area contributed by atoms with Crippen molar-refractivity contribution in [3.63, 3.8) is 0 Å². The first-order valence-electron chi connectivity index (χ1n) is 13.5. The minimum atomic E-state index is 0.142. The van der Waals surface area contributed by atoms with Crippen molar-refractivity contribution >= 4 is 22.7 Å². The van der Waals surface area contributed by atoms with E-state index in [2.05, 4.69) is 102 Å². The third kappa shape index (κ3) is 5.47. The van der Waals surface area contributed by atoms with E-state index in [1.807, 2.05) is 12.3 Å². The van der Waals surface area contributed by atoms with Crippen molar-refractivity contribution in [1.29, 1.82) is 0 Å². The molecule has 1 aliphatic heterocycles. The molecule has 0 aliphatic carbocycles. The van der Waals surface area contributed by atoms with E-state index in [1.165, 1.54) is 11.3 Å². The summed E-state index contributed by atoms with van der Waals surface area (Å²) in [6, 6.07) is 17.2. The average Bonchev–Trinajstić information content (AvgIpc) is 3.35. The number of aromatic amines is 1. The van der Waals surface area contributed by atoms with Gasteiger partial charge in [-0.15, -0.1) is 0 Å². The Morgan fingerprint density at radius 2 is 1.62 bits per heavy atom. The highest BCUT2D eigenvalue weighted by atomic mass is 15.3. The Labute approximate surface area is 220 Å². The molecule has 0 saturated carbocycles. The van der Waals surface area contributed by atoms with Gasteiger partial charge in [0, 0.05) is 57.6 Å². The standard InChI is InChI=1S/C30H39N7/c1-6-36(7-2)29-31-16-15-24(32-29)21-35-17-19-37(20-18-35)26-10-8-9-25-27(26)34-28(33-25)22-11-13-23(14-12-22)30(3,4)5/h8-16H,6-7,17-21H2,1-5H3,(H,33,34). The molecule has 1 aliphatic rings. The summed E-state index contributed by atoms with van der Waals surface area (Å²) in [6.07, 6.45) is 1.89. The maximum atomic E-state index is 4.93. The summed E-state index contributed by atoms with van der Waals surface area (Å²) in [5.74, 6) is 1.75. The number of H-pyrrole nitrogens is 1. The van der Waals surface area contributed by atoms with E-state index in [0.29, 0.717) is 0 Å². The van der Waals surface area contributed by atoms with E-state index in [4.69, 9.17) is 9.97 Å². The average molecular weight is 498 g/mol. The number of para-hydroxylation sites is 1. The highest BCUT2D eigenvalue weighted by Gasteiger charge is 2.21. The van der Waals surface area contributed by atoms with Crippen LogP contribution in [-0.4, -0.2) is 64.1 Å². The van der Waals surface area contributed by atoms with Crippen molar-refractivity contribution < 1.29 is 0 Å². The summed E-state index contributed by atoms with van der Waals surface area (Å²) in [6.45, 7) is 17.6. The predicted octanol–water partition coefficient (Wildman–Crippen LogP) is 5.49. The SMILES string of the molecule is CCN(CC)c1nccc(CN2CCN(c3cccc4nc(-c5ccc(C(C)(C)C)cc5)[nH]c34)CC2)n1. The minimum absolute atomic E-state index is 0.142. The third-order valence-electron chi connectivity index (χ3n) is 7.37. The van der Waals surface area contributed by atoms with Crippen molar-refractivity contribution in [2.45, 2.75) is 46.6 Å². The molecule has 0 atom stereocenters. The second-order valence-electron chi connectivity index (χ2n) is 10.9. The fraction of sp³-hybridized carbons (Fsp3) is 0.433. The molecule has 0 bridgehead atoms. The lowest BCUT2D eigenvalue weighted by Gasteiger charge is -2.36. The first-order chi connectivity index (χ1) is 17.9. The maximum Gasteiger partial charge on any atom is 0.225 e. The van der Waals surface area contributed by atoms with Gasteiger partial charge in [0.2, 0.25) is 5.95 Å². The lowest BCUT2D eigenvalue weighted by Crippen LogP contribution is -2.46. The van der Waals surface area contributed by atoms with Gasteiger partial charge in [-0.1, -0.05) is 51.1 Å². The van der Waals surface area contributed by atoms with Gasteiger partial charge in [0.1, 0.15) is 5.82 Å². The summed E-state index contributed by atoms with van der Waals surface area (Å²) < 4.78 is 0. The smallest absolute Gasteiger partial charge is 0.225 e. The number of nitrogens with one attached hydrogen (secondary N) is 1. The molecule has 1 saturated heterocycles. The zero-order chi connectivity index (χ0) is 26.0. The van der Waals surface area contributed by atoms with Crippen LogP contribution in [0, 0.1) is 0 Å². The highest BCUT2D eigenvalue weighted by molar-refractivity contribution is 5.91. The molecule has 4 aromatic rings. The molecule has 0 spiro atoms. The number of anilines is 2. The number of fused-ring (bicyclic) bond motifs is 1. The Kier molecular flexibility index (Phi) is 7.15. The van der Waals surface area contributed by atoms with Gasteiger partial charge in [0.05, 0.1) is 22.4 Å². The van der Waals surface area contributed by atoms with Gasteiger partial charge >= 0.3 is 0 Å². The van der Waals surface area contributed by atoms with Gasteiger partial charge in [-0.25, -0.2) is 15.0 Å². The molecule has 2 aromatic carbocycles. The zero-order valence-electron chi connectivity index (χ0n) is 22.8. The predicted molar refractivity (Wildman–Crippen MR) is 153 cm³/mol. The zero-order valence-corrected chi connectivity index (χ0v) is 22.8. The molecule has 2 aromatic heterocycles. The molecule has 0 amide bonds. The summed E-state index contributed by atoms with van der Waals surface area (Å²) in [7, 11) is 0. The topological polar surface area (TPSA) is 64.2 Å². The van der Waals surface area contributed by atoms with Crippen molar-refractivity contribution in [1.82, 2.24) is 24.8 Å². The van der Waals surface area contributed by atoms with Crippen LogP contribution >= 0.6 is 0 Å². The van der Waals surface area contributed by atoms with Gasteiger partial charge in [-0.05, 0) is 43.0 Å². The first kappa shape index (κ1) is 25.2. The van der Waals surface area contributed by atoms with Crippen LogP contribution in [0.3, 0.4) is 0 Å². The number of benzene rings is 2. The van der Waals surface area contributed by atoms with Crippen LogP contribution in [0.25, 0.3) is 22.4 Å². The minimum Gasteiger partial charge on any atom is -0.367 e. The summed E-state index contributed by atoms with van der Waals surface area (Å²) in [4.78, 5) is 25.0. The monoisotopic (exact) mass is 497 g/mol. The largest absolute Gasteiger partial charge is 0.367 e. The van der Waals surface area contributed by atoms with E-state index < -0.39 is 0 Å². The van der Waals surface area contributed by atoms with Crippen LogP contribution in [0.2, 0.25) is 0 Å². The van der Waals surface area contributed by atoms with Crippen molar-refractivity contribution in [3.05, 3.63) is 66.0 Å². The quantitative estimate of drug-likeness (QED) is 0.364. The highest BCUT2D eigenvalue weighted by Crippen LogP contribution is 2.30. The van der Waals surface area contributed by atoms with Crippen LogP contribution in [0.4, 0.5) is 11.6 Å². The molecule has 7 heteroatoms. The van der Waals surface area contributed by atoms with Crippen LogP contribution < -0.4 is 9.80 Å². The second kappa shape index (κ2) is 10.5. The maximum absolute atomic E-state index is 4.93. The van der Waals surface area contributed by atoms with Crippen molar-refractivity contribution in [2.75, 3.05) is 49.1 Å². The summed E-state index contributed by atoms with van der Waals surface area (Å²) in [5.41, 5.74) is 7.04. The molecule has 0 radical (unpaired) electrons. The van der Waals surface area contributed by atoms with Crippen molar-refractivity contribution in [3.8, 4) is 11.4 Å². The first-order valence-corrected chi connectivity index (χ1v) is 13.5. The van der Waals surface area contributed by atoms with Crippen molar-refractivity contribution in [2.24, 2.45) is 0 Å². The van der Waals surface area contributed by atoms with Crippen LogP contribution in [0.5, 0.6) is 0 Å². The second-order valence-corrected chi connectivity index (χ2v) is 10.9. The molecule has 1 N–H and O–H groups in total. The van der Waals surface area contributed by atoms with Gasteiger partial charge in [-0.3, -0.25) is 4.90 Å². The fourth-order valence-electron chi connectivity index (χ4n) is 5.05. The number of aromatic nitrogens is 4.